The molecule has 0 aliphatic carbocycles. The number of nitrogens with one attached hydrogen (secondary N) is 1. The molecule has 0 aliphatic rings. The standard InChI is InChI=1S/C17H15F7N6/c1-15(2,25)13(8-3-4-9(10(18)5-8)16(19,20)21)29-12-6-11(17(22,23)24)28-14-26-7-27-30(12)14/h3-7,13,29H,25H2,1-2H3. The Hall–Kier alpha value is -2.96. The van der Waals surface area contributed by atoms with Crippen LogP contribution in [-0.2, 0) is 12.4 Å². The van der Waals surface area contributed by atoms with Crippen molar-refractivity contribution in [1.29, 1.82) is 0 Å². The molecule has 0 saturated carbocycles. The highest BCUT2D eigenvalue weighted by Gasteiger charge is 2.37. The fraction of sp³-hybridized carbons (Fsp3) is 0.353. The molecule has 0 fully saturated rings. The molecular formula is C17H15F7N6. The molecule has 2 aromatic heterocycles. The van der Waals surface area contributed by atoms with Crippen LogP contribution < -0.4 is 11.1 Å². The van der Waals surface area contributed by atoms with E-state index in [0.717, 1.165) is 16.9 Å². The molecule has 6 nitrogen and oxygen atoms in total. The summed E-state index contributed by atoms with van der Waals surface area (Å²) < 4.78 is 93.1. The number of benzene rings is 1. The lowest BCUT2D eigenvalue weighted by Crippen LogP contribution is -2.43. The molecule has 1 atom stereocenters. The predicted molar refractivity (Wildman–Crippen MR) is 91.8 cm³/mol. The van der Waals surface area contributed by atoms with E-state index < -0.39 is 41.0 Å². The van der Waals surface area contributed by atoms with E-state index in [1.807, 2.05) is 0 Å². The molecule has 1 unspecified atom stereocenters. The van der Waals surface area contributed by atoms with Crippen LogP contribution in [0.15, 0.2) is 30.6 Å². The quantitative estimate of drug-likeness (QED) is 0.600. The normalized spacial score (nSPS) is 14.2. The van der Waals surface area contributed by atoms with Gasteiger partial charge in [0.15, 0.2) is 5.69 Å². The smallest absolute Gasteiger partial charge is 0.361 e. The summed E-state index contributed by atoms with van der Waals surface area (Å²) in [6.45, 7) is 2.95. The molecular weight excluding hydrogens is 421 g/mol. The zero-order valence-electron chi connectivity index (χ0n) is 15.5. The maximum Gasteiger partial charge on any atom is 0.433 e. The first-order valence-electron chi connectivity index (χ1n) is 8.38. The fourth-order valence-electron chi connectivity index (χ4n) is 2.85. The summed E-state index contributed by atoms with van der Waals surface area (Å²) in [5, 5.41) is 6.49. The SMILES string of the molecule is CC(C)(N)C(Nc1cc(C(F)(F)F)nc2ncnn12)c1ccc(C(F)(F)F)c(F)c1. The van der Waals surface area contributed by atoms with Gasteiger partial charge in [-0.1, -0.05) is 6.07 Å². The molecule has 0 amide bonds. The number of aromatic nitrogens is 4. The van der Waals surface area contributed by atoms with Crippen molar-refractivity contribution < 1.29 is 30.7 Å². The van der Waals surface area contributed by atoms with Crippen LogP contribution in [0, 0.1) is 5.82 Å². The molecule has 3 rings (SSSR count). The first kappa shape index (κ1) is 21.7. The lowest BCUT2D eigenvalue weighted by molar-refractivity contribution is -0.141. The van der Waals surface area contributed by atoms with Gasteiger partial charge in [0, 0.05) is 11.6 Å². The van der Waals surface area contributed by atoms with Crippen molar-refractivity contribution in [3.05, 3.63) is 53.2 Å². The van der Waals surface area contributed by atoms with E-state index in [1.54, 1.807) is 0 Å². The summed E-state index contributed by atoms with van der Waals surface area (Å²) in [6.07, 6.45) is -8.71. The van der Waals surface area contributed by atoms with Gasteiger partial charge in [-0.25, -0.2) is 9.37 Å². The number of rotatable bonds is 4. The first-order chi connectivity index (χ1) is 13.7. The second-order valence-electron chi connectivity index (χ2n) is 7.13. The second kappa shape index (κ2) is 7.07. The van der Waals surface area contributed by atoms with E-state index in [0.29, 0.717) is 18.2 Å². The number of alkyl halides is 6. The van der Waals surface area contributed by atoms with Crippen LogP contribution in [-0.4, -0.2) is 25.1 Å². The van der Waals surface area contributed by atoms with Crippen LogP contribution in [0.5, 0.6) is 0 Å². The van der Waals surface area contributed by atoms with E-state index in [-0.39, 0.29) is 17.2 Å². The van der Waals surface area contributed by atoms with Crippen LogP contribution in [0.3, 0.4) is 0 Å². The summed E-state index contributed by atoms with van der Waals surface area (Å²) in [4.78, 5) is 7.00. The molecule has 162 valence electrons. The van der Waals surface area contributed by atoms with Crippen molar-refractivity contribution in [3.8, 4) is 0 Å². The lowest BCUT2D eigenvalue weighted by Gasteiger charge is -2.33. The molecule has 3 aromatic rings. The van der Waals surface area contributed by atoms with E-state index >= 15 is 0 Å². The lowest BCUT2D eigenvalue weighted by atomic mass is 9.89. The highest BCUT2D eigenvalue weighted by atomic mass is 19.4. The minimum absolute atomic E-state index is 0.00774. The molecule has 1 aromatic carbocycles. The van der Waals surface area contributed by atoms with Crippen molar-refractivity contribution in [3.63, 3.8) is 0 Å². The molecule has 13 heteroatoms. The van der Waals surface area contributed by atoms with Crippen LogP contribution in [0.2, 0.25) is 0 Å². The maximum atomic E-state index is 14.1. The summed E-state index contributed by atoms with van der Waals surface area (Å²) >= 11 is 0. The van der Waals surface area contributed by atoms with Gasteiger partial charge in [0.05, 0.1) is 11.6 Å². The highest BCUT2D eigenvalue weighted by molar-refractivity contribution is 5.48. The second-order valence-corrected chi connectivity index (χ2v) is 7.13. The number of nitrogens with two attached hydrogens (primary N) is 1. The number of nitrogens with zero attached hydrogens (tertiary/aromatic N) is 4. The Kier molecular flexibility index (Phi) is 5.13. The first-order valence-corrected chi connectivity index (χ1v) is 8.38. The Morgan fingerprint density at radius 2 is 1.70 bits per heavy atom. The minimum Gasteiger partial charge on any atom is -0.361 e. The van der Waals surface area contributed by atoms with Gasteiger partial charge in [0.2, 0.25) is 0 Å². The largest absolute Gasteiger partial charge is 0.433 e. The number of anilines is 1. The Labute approximate surface area is 164 Å². The van der Waals surface area contributed by atoms with Gasteiger partial charge in [-0.15, -0.1) is 0 Å². The number of halogens is 7. The molecule has 3 N–H and O–H groups in total. The fourth-order valence-corrected chi connectivity index (χ4v) is 2.85. The minimum atomic E-state index is -4.90. The summed E-state index contributed by atoms with van der Waals surface area (Å²) in [5.74, 6) is -2.12. The summed E-state index contributed by atoms with van der Waals surface area (Å²) in [7, 11) is 0. The molecule has 0 spiro atoms. The molecule has 0 aliphatic heterocycles. The van der Waals surface area contributed by atoms with Crippen LogP contribution in [0.4, 0.5) is 36.6 Å². The van der Waals surface area contributed by atoms with Crippen molar-refractivity contribution in [2.75, 3.05) is 5.32 Å². The van der Waals surface area contributed by atoms with Crippen molar-refractivity contribution in [2.24, 2.45) is 5.73 Å². The van der Waals surface area contributed by atoms with E-state index in [1.165, 1.54) is 13.8 Å². The predicted octanol–water partition coefficient (Wildman–Crippen LogP) is 4.19. The van der Waals surface area contributed by atoms with Gasteiger partial charge in [-0.2, -0.15) is 40.9 Å². The third kappa shape index (κ3) is 4.30. The number of hydrogen-bond acceptors (Lipinski definition) is 5. The van der Waals surface area contributed by atoms with Gasteiger partial charge < -0.3 is 11.1 Å². The van der Waals surface area contributed by atoms with E-state index in [9.17, 15) is 30.7 Å². The monoisotopic (exact) mass is 436 g/mol. The molecule has 2 heterocycles. The van der Waals surface area contributed by atoms with E-state index in [4.69, 9.17) is 5.73 Å². The Morgan fingerprint density at radius 1 is 1.03 bits per heavy atom. The van der Waals surface area contributed by atoms with Gasteiger partial charge in [0.25, 0.3) is 5.78 Å². The van der Waals surface area contributed by atoms with Crippen molar-refractivity contribution in [2.45, 2.75) is 37.8 Å². The van der Waals surface area contributed by atoms with Gasteiger partial charge >= 0.3 is 12.4 Å². The zero-order valence-corrected chi connectivity index (χ0v) is 15.5. The topological polar surface area (TPSA) is 81.1 Å². The van der Waals surface area contributed by atoms with Crippen molar-refractivity contribution in [1.82, 2.24) is 19.6 Å². The Morgan fingerprint density at radius 3 is 2.23 bits per heavy atom. The summed E-state index contributed by atoms with van der Waals surface area (Å²) in [5.41, 5.74) is 2.11. The third-order valence-corrected chi connectivity index (χ3v) is 4.21. The number of fused-ring (bicyclic) bond motifs is 1. The molecule has 0 bridgehead atoms. The number of hydrogen-bond donors (Lipinski definition) is 2. The highest BCUT2D eigenvalue weighted by Crippen LogP contribution is 2.36. The summed E-state index contributed by atoms with van der Waals surface area (Å²) in [6, 6.07) is 1.75. The van der Waals surface area contributed by atoms with Crippen LogP contribution >= 0.6 is 0 Å². The van der Waals surface area contributed by atoms with E-state index in [2.05, 4.69) is 20.4 Å². The third-order valence-electron chi connectivity index (χ3n) is 4.21. The average molecular weight is 436 g/mol. The molecule has 0 saturated heterocycles. The van der Waals surface area contributed by atoms with Gasteiger partial charge in [-0.3, -0.25) is 0 Å². The molecule has 30 heavy (non-hydrogen) atoms. The van der Waals surface area contributed by atoms with Crippen molar-refractivity contribution >= 4 is 11.6 Å². The van der Waals surface area contributed by atoms with Crippen LogP contribution in [0.25, 0.3) is 5.78 Å². The Bertz CT molecular complexity index is 1070. The van der Waals surface area contributed by atoms with Gasteiger partial charge in [-0.05, 0) is 31.5 Å². The Balaban J connectivity index is 2.10. The maximum absolute atomic E-state index is 14.1. The average Bonchev–Trinajstić information content (AvgIpc) is 3.05. The molecule has 0 radical (unpaired) electrons. The van der Waals surface area contributed by atoms with Crippen LogP contribution in [0.1, 0.15) is 36.7 Å². The zero-order chi connectivity index (χ0) is 22.5. The van der Waals surface area contributed by atoms with Gasteiger partial charge in [0.1, 0.15) is 18.0 Å².